The summed E-state index contributed by atoms with van der Waals surface area (Å²) in [5.41, 5.74) is 0. The number of carbonyl (C=O) groups is 3. The number of carboxylic acids is 3. The van der Waals surface area contributed by atoms with Crippen molar-refractivity contribution in [3.05, 3.63) is 12.2 Å². The molecule has 7 nitrogen and oxygen atoms in total. The van der Waals surface area contributed by atoms with Gasteiger partial charge in [-0.3, -0.25) is 14.4 Å². The second kappa shape index (κ2) is 25.6. The first-order valence-electron chi connectivity index (χ1n) is 17.2. The van der Waals surface area contributed by atoms with Gasteiger partial charge in [0, 0.05) is 0 Å². The van der Waals surface area contributed by atoms with E-state index in [2.05, 4.69) is 19.1 Å². The van der Waals surface area contributed by atoms with Crippen LogP contribution in [0.1, 0.15) is 150 Å². The van der Waals surface area contributed by atoms with E-state index in [1.165, 1.54) is 103 Å². The fourth-order valence-corrected chi connectivity index (χ4v) is 6.18. The maximum Gasteiger partial charge on any atom is 0.311 e. The predicted octanol–water partition coefficient (Wildman–Crippen LogP) is 8.95. The van der Waals surface area contributed by atoms with E-state index in [0.717, 1.165) is 19.3 Å². The minimum atomic E-state index is -0.930. The summed E-state index contributed by atoms with van der Waals surface area (Å²) in [6.45, 7) is 8.35. The fraction of sp³-hybridized carbons (Fsp3) is 0.857. The van der Waals surface area contributed by atoms with Crippen LogP contribution in [0, 0.1) is 17.8 Å². The Morgan fingerprint density at radius 1 is 0.500 bits per heavy atom. The van der Waals surface area contributed by atoms with E-state index in [0.29, 0.717) is 6.54 Å². The third-order valence-electron chi connectivity index (χ3n) is 8.74. The van der Waals surface area contributed by atoms with Gasteiger partial charge in [-0.25, -0.2) is 0 Å². The van der Waals surface area contributed by atoms with Gasteiger partial charge in [-0.1, -0.05) is 108 Å². The normalized spacial score (nSPS) is 15.3. The summed E-state index contributed by atoms with van der Waals surface area (Å²) in [6, 6.07) is 0. The minimum absolute atomic E-state index is 0.228. The van der Waals surface area contributed by atoms with Crippen LogP contribution < -0.4 is 0 Å². The quantitative estimate of drug-likeness (QED) is 0.0433. The molecule has 3 N–H and O–H groups in total. The lowest BCUT2D eigenvalue weighted by Crippen LogP contribution is -2.57. The van der Waals surface area contributed by atoms with E-state index in [1.54, 1.807) is 20.8 Å². The number of rotatable bonds is 30. The van der Waals surface area contributed by atoms with Crippen molar-refractivity contribution in [1.82, 2.24) is 0 Å². The van der Waals surface area contributed by atoms with E-state index in [4.69, 9.17) is 0 Å². The lowest BCUT2D eigenvalue weighted by molar-refractivity contribution is -0.934. The SMILES string of the molecule is C/C=C/CCCCCCCCCCCCCCCCCCCC[N+](CC(C)C(=O)O)(CC(C)C(=O)O)CC(C)C(=O)O. The van der Waals surface area contributed by atoms with Crippen molar-refractivity contribution in [3.8, 4) is 0 Å². The Hall–Kier alpha value is -1.89. The van der Waals surface area contributed by atoms with Crippen molar-refractivity contribution in [1.29, 1.82) is 0 Å². The monoisotopic (exact) mass is 596 g/mol. The molecule has 0 aliphatic rings. The van der Waals surface area contributed by atoms with Gasteiger partial charge in [0.2, 0.25) is 0 Å². The number of hydrogen-bond donors (Lipinski definition) is 3. The molecule has 0 aliphatic carbocycles. The van der Waals surface area contributed by atoms with Crippen LogP contribution in [0.2, 0.25) is 0 Å². The molecule has 0 spiro atoms. The molecule has 0 aliphatic heterocycles. The lowest BCUT2D eigenvalue weighted by atomic mass is 10.00. The molecule has 0 heterocycles. The molecule has 0 rings (SSSR count). The summed E-state index contributed by atoms with van der Waals surface area (Å²) in [6.07, 6.45) is 28.7. The third kappa shape index (κ3) is 21.8. The summed E-state index contributed by atoms with van der Waals surface area (Å²) in [5, 5.41) is 28.6. The molecule has 0 amide bonds. The lowest BCUT2D eigenvalue weighted by Gasteiger charge is -2.42. The number of aliphatic carboxylic acids is 3. The first-order valence-corrected chi connectivity index (χ1v) is 17.2. The van der Waals surface area contributed by atoms with Crippen LogP contribution in [-0.2, 0) is 14.4 Å². The highest BCUT2D eigenvalue weighted by Crippen LogP contribution is 2.22. The number of carboxylic acid groups (broad SMARTS) is 3. The Morgan fingerprint density at radius 3 is 1.02 bits per heavy atom. The summed E-state index contributed by atoms with van der Waals surface area (Å²) < 4.78 is 0.228. The summed E-state index contributed by atoms with van der Waals surface area (Å²) in [4.78, 5) is 34.9. The molecule has 0 aromatic heterocycles. The van der Waals surface area contributed by atoms with Gasteiger partial charge >= 0.3 is 17.9 Å². The van der Waals surface area contributed by atoms with Crippen molar-refractivity contribution in [2.45, 2.75) is 150 Å². The van der Waals surface area contributed by atoms with Crippen molar-refractivity contribution in [2.75, 3.05) is 26.2 Å². The van der Waals surface area contributed by atoms with Crippen LogP contribution in [0.3, 0.4) is 0 Å². The summed E-state index contributed by atoms with van der Waals surface area (Å²) in [7, 11) is 0. The molecular weight excluding hydrogens is 530 g/mol. The van der Waals surface area contributed by atoms with E-state index in [1.807, 2.05) is 0 Å². The number of nitrogens with zero attached hydrogens (tertiary/aromatic N) is 1. The second-order valence-electron chi connectivity index (χ2n) is 13.1. The minimum Gasteiger partial charge on any atom is -0.481 e. The average Bonchev–Trinajstić information content (AvgIpc) is 2.93. The first kappa shape index (κ1) is 40.1. The molecule has 0 aromatic rings. The Morgan fingerprint density at radius 2 is 0.762 bits per heavy atom. The summed E-state index contributed by atoms with van der Waals surface area (Å²) in [5.74, 6) is -4.79. The van der Waals surface area contributed by atoms with E-state index in [-0.39, 0.29) is 24.1 Å². The van der Waals surface area contributed by atoms with Crippen molar-refractivity contribution in [3.63, 3.8) is 0 Å². The Bertz CT molecular complexity index is 682. The van der Waals surface area contributed by atoms with E-state index in [9.17, 15) is 29.7 Å². The van der Waals surface area contributed by atoms with Gasteiger partial charge in [-0.05, 0) is 53.4 Å². The maximum atomic E-state index is 11.6. The molecule has 3 unspecified atom stereocenters. The van der Waals surface area contributed by atoms with Gasteiger partial charge in [0.15, 0.2) is 0 Å². The molecular formula is C35H66NO6+. The van der Waals surface area contributed by atoms with Gasteiger partial charge < -0.3 is 19.8 Å². The largest absolute Gasteiger partial charge is 0.481 e. The zero-order valence-electron chi connectivity index (χ0n) is 27.7. The van der Waals surface area contributed by atoms with Crippen LogP contribution in [0.15, 0.2) is 12.2 Å². The number of unbranched alkanes of at least 4 members (excludes halogenated alkanes) is 18. The molecule has 0 aromatic carbocycles. The summed E-state index contributed by atoms with van der Waals surface area (Å²) >= 11 is 0. The van der Waals surface area contributed by atoms with Crippen molar-refractivity contribution >= 4 is 17.9 Å². The molecule has 42 heavy (non-hydrogen) atoms. The van der Waals surface area contributed by atoms with Crippen LogP contribution in [0.5, 0.6) is 0 Å². The molecule has 0 bridgehead atoms. The average molecular weight is 597 g/mol. The molecule has 3 atom stereocenters. The number of quaternary nitrogens is 1. The van der Waals surface area contributed by atoms with Crippen LogP contribution in [0.4, 0.5) is 0 Å². The Balaban J connectivity index is 4.15. The standard InChI is InChI=1S/C35H65NO6/c1-5-6-7-8-9-10-11-12-13-14-15-16-17-18-19-20-21-22-23-24-25-26-36(27-30(2)33(37)38,28-31(3)34(39)40)29-32(4)35(41)42/h5-6,30-32H,7-29H2,1-4H3,(H2-,37,38,39,40,41,42)/p+1/b6-5+. The van der Waals surface area contributed by atoms with Gasteiger partial charge in [0.1, 0.15) is 17.8 Å². The van der Waals surface area contributed by atoms with Crippen LogP contribution in [-0.4, -0.2) is 63.9 Å². The molecule has 0 saturated carbocycles. The highest BCUT2D eigenvalue weighted by atomic mass is 16.4. The fourth-order valence-electron chi connectivity index (χ4n) is 6.18. The van der Waals surface area contributed by atoms with Crippen molar-refractivity contribution in [2.24, 2.45) is 17.8 Å². The van der Waals surface area contributed by atoms with Crippen LogP contribution in [0.25, 0.3) is 0 Å². The van der Waals surface area contributed by atoms with Crippen molar-refractivity contribution < 1.29 is 34.2 Å². The van der Waals surface area contributed by atoms with Crippen LogP contribution >= 0.6 is 0 Å². The van der Waals surface area contributed by atoms with Gasteiger partial charge in [0.25, 0.3) is 0 Å². The zero-order valence-corrected chi connectivity index (χ0v) is 27.7. The Labute approximate surface area is 257 Å². The molecule has 0 radical (unpaired) electrons. The van der Waals surface area contributed by atoms with Gasteiger partial charge in [-0.15, -0.1) is 0 Å². The molecule has 246 valence electrons. The molecule has 7 heteroatoms. The van der Waals surface area contributed by atoms with E-state index < -0.39 is 35.7 Å². The molecule has 0 saturated heterocycles. The smallest absolute Gasteiger partial charge is 0.311 e. The van der Waals surface area contributed by atoms with E-state index >= 15 is 0 Å². The Kier molecular flexibility index (Phi) is 24.4. The number of allylic oxidation sites excluding steroid dienone is 2. The second-order valence-corrected chi connectivity index (χ2v) is 13.1. The first-order chi connectivity index (χ1) is 20.0. The van der Waals surface area contributed by atoms with Gasteiger partial charge in [0.05, 0.1) is 26.2 Å². The topological polar surface area (TPSA) is 112 Å². The highest BCUT2D eigenvalue weighted by Gasteiger charge is 2.38. The molecule has 0 fully saturated rings. The number of hydrogen-bond acceptors (Lipinski definition) is 3. The van der Waals surface area contributed by atoms with Gasteiger partial charge in [-0.2, -0.15) is 0 Å². The third-order valence-corrected chi connectivity index (χ3v) is 8.74. The maximum absolute atomic E-state index is 11.6. The highest BCUT2D eigenvalue weighted by molar-refractivity contribution is 5.70. The predicted molar refractivity (Wildman–Crippen MR) is 173 cm³/mol. The zero-order chi connectivity index (χ0) is 31.6.